The van der Waals surface area contributed by atoms with Gasteiger partial charge in [0, 0.05) is 12.1 Å². The number of aliphatic hydroxyl groups is 1. The average Bonchev–Trinajstić information content (AvgIpc) is 2.86. The van der Waals surface area contributed by atoms with Gasteiger partial charge in [-0.05, 0) is 38.2 Å². The Balaban J connectivity index is 0.000000705. The van der Waals surface area contributed by atoms with Gasteiger partial charge in [0.05, 0.1) is 57.3 Å². The van der Waals surface area contributed by atoms with E-state index in [0.717, 1.165) is 31.6 Å². The van der Waals surface area contributed by atoms with Crippen LogP contribution in [-0.2, 0) is 35.1 Å². The number of carbonyl (C=O) groups excluding carboxylic acids is 2. The second-order valence-electron chi connectivity index (χ2n) is 9.73. The summed E-state index contributed by atoms with van der Waals surface area (Å²) in [4.78, 5) is 25.2. The van der Waals surface area contributed by atoms with Crippen LogP contribution < -0.4 is 5.32 Å². The highest BCUT2D eigenvalue weighted by Gasteiger charge is 2.42. The van der Waals surface area contributed by atoms with Crippen LogP contribution in [-0.4, -0.2) is 104 Å². The molecule has 4 saturated heterocycles. The Bertz CT molecular complexity index is 818. The highest BCUT2D eigenvalue weighted by molar-refractivity contribution is 5.70. The van der Waals surface area contributed by atoms with E-state index in [9.17, 15) is 14.7 Å². The molecular formula is C29H52N2O9. The van der Waals surface area contributed by atoms with Crippen molar-refractivity contribution < 1.29 is 43.9 Å². The van der Waals surface area contributed by atoms with Crippen LogP contribution >= 0.6 is 0 Å². The zero-order chi connectivity index (χ0) is 25.3. The van der Waals surface area contributed by atoms with Crippen LogP contribution in [0.1, 0.15) is 60.5 Å². The number of hydrogen-bond donors (Lipinski definition) is 2. The molecular weight excluding hydrogens is 520 g/mol. The standard InChI is InChI=1S/C15H19NO4.C11H19NO4.3CH4.H2O/c17-14-6-12-9-19-10-13(7-14)16(12)15(18)20-8-11-4-2-1-3-5-11;1-2-15-11(13)7-16-10-3-8-5-14-6-9(4-10)12-8;;;;/h1-5,12-14,17H,6-10H2;8-10,12H,2-7H2,1H3;3*1H4;1H2. The van der Waals surface area contributed by atoms with Gasteiger partial charge in [-0.1, -0.05) is 52.6 Å². The average molecular weight is 573 g/mol. The highest BCUT2D eigenvalue weighted by atomic mass is 16.6. The molecule has 4 atom stereocenters. The van der Waals surface area contributed by atoms with Crippen molar-refractivity contribution in [1.29, 1.82) is 0 Å². The third-order valence-electron chi connectivity index (χ3n) is 6.86. The van der Waals surface area contributed by atoms with Gasteiger partial charge in [0.1, 0.15) is 13.2 Å². The maximum Gasteiger partial charge on any atom is 0.410 e. The molecule has 4 unspecified atom stereocenters. The number of esters is 1. The molecule has 4 aliphatic rings. The molecule has 4 N–H and O–H groups in total. The second kappa shape index (κ2) is 19.0. The molecule has 11 nitrogen and oxygen atoms in total. The van der Waals surface area contributed by atoms with Crippen molar-refractivity contribution in [3.05, 3.63) is 35.9 Å². The van der Waals surface area contributed by atoms with Crippen molar-refractivity contribution in [2.75, 3.05) is 39.6 Å². The fraction of sp³-hybridized carbons (Fsp3) is 0.724. The minimum atomic E-state index is -0.341. The molecule has 0 aliphatic carbocycles. The molecule has 4 bridgehead atoms. The lowest BCUT2D eigenvalue weighted by atomic mass is 9.92. The number of amides is 1. The second-order valence-corrected chi connectivity index (χ2v) is 9.73. The molecule has 11 heteroatoms. The van der Waals surface area contributed by atoms with Crippen LogP contribution in [0.15, 0.2) is 30.3 Å². The number of aliphatic hydroxyl groups excluding tert-OH is 1. The largest absolute Gasteiger partial charge is 0.464 e. The smallest absolute Gasteiger partial charge is 0.410 e. The van der Waals surface area contributed by atoms with Gasteiger partial charge in [-0.2, -0.15) is 0 Å². The Kier molecular flexibility index (Phi) is 17.9. The molecule has 4 heterocycles. The lowest BCUT2D eigenvalue weighted by Gasteiger charge is -2.46. The third-order valence-corrected chi connectivity index (χ3v) is 6.86. The lowest BCUT2D eigenvalue weighted by Crippen LogP contribution is -2.60. The normalized spacial score (nSPS) is 27.9. The number of piperidine rings is 2. The van der Waals surface area contributed by atoms with E-state index in [1.54, 1.807) is 11.8 Å². The topological polar surface area (TPSA) is 147 Å². The van der Waals surface area contributed by atoms with Crippen molar-refractivity contribution in [2.24, 2.45) is 0 Å². The summed E-state index contributed by atoms with van der Waals surface area (Å²) in [6.45, 7) is 5.00. The van der Waals surface area contributed by atoms with Crippen molar-refractivity contribution in [3.63, 3.8) is 0 Å². The summed E-state index contributed by atoms with van der Waals surface area (Å²) < 4.78 is 26.7. The number of hydrogen-bond acceptors (Lipinski definition) is 9. The molecule has 0 radical (unpaired) electrons. The molecule has 1 amide bonds. The van der Waals surface area contributed by atoms with E-state index in [0.29, 0.717) is 44.7 Å². The van der Waals surface area contributed by atoms with Crippen LogP contribution in [0.3, 0.4) is 0 Å². The SMILES string of the molecule is C.C.C.CCOC(=O)COC1CC2COCC(C1)N2.O.O=C(OCc1ccccc1)N1C2COCC1CC(O)C2. The summed E-state index contributed by atoms with van der Waals surface area (Å²) in [5, 5.41) is 13.3. The quantitative estimate of drug-likeness (QED) is 0.491. The van der Waals surface area contributed by atoms with Crippen molar-refractivity contribution in [1.82, 2.24) is 10.2 Å². The summed E-state index contributed by atoms with van der Waals surface area (Å²) in [5.74, 6) is -0.276. The summed E-state index contributed by atoms with van der Waals surface area (Å²) >= 11 is 0. The number of carbonyl (C=O) groups is 2. The Morgan fingerprint density at radius 1 is 0.925 bits per heavy atom. The first-order valence-corrected chi connectivity index (χ1v) is 12.9. The Morgan fingerprint density at radius 3 is 2.08 bits per heavy atom. The number of ether oxygens (including phenoxy) is 5. The van der Waals surface area contributed by atoms with Gasteiger partial charge in [-0.25, -0.2) is 9.59 Å². The maximum absolute atomic E-state index is 12.3. The van der Waals surface area contributed by atoms with E-state index >= 15 is 0 Å². The molecule has 232 valence electrons. The van der Waals surface area contributed by atoms with Gasteiger partial charge >= 0.3 is 12.1 Å². The van der Waals surface area contributed by atoms with Crippen LogP contribution in [0.4, 0.5) is 4.79 Å². The first kappa shape index (κ1) is 37.7. The minimum Gasteiger partial charge on any atom is -0.464 e. The number of nitrogens with one attached hydrogen (secondary N) is 1. The molecule has 5 rings (SSSR count). The van der Waals surface area contributed by atoms with Crippen LogP contribution in [0.5, 0.6) is 0 Å². The Labute approximate surface area is 239 Å². The summed E-state index contributed by atoms with van der Waals surface area (Å²) in [6, 6.07) is 10.2. The van der Waals surface area contributed by atoms with E-state index in [1.807, 2.05) is 30.3 Å². The van der Waals surface area contributed by atoms with Crippen molar-refractivity contribution in [2.45, 2.75) is 97.9 Å². The number of fused-ring (bicyclic) bond motifs is 4. The Hall–Kier alpha value is -2.28. The van der Waals surface area contributed by atoms with Gasteiger partial charge in [0.25, 0.3) is 0 Å². The van der Waals surface area contributed by atoms with Crippen LogP contribution in [0, 0.1) is 0 Å². The predicted octanol–water partition coefficient (Wildman–Crippen LogP) is 2.72. The number of rotatable bonds is 6. The lowest BCUT2D eigenvalue weighted by molar-refractivity contribution is -0.152. The summed E-state index contributed by atoms with van der Waals surface area (Å²) in [5.41, 5.74) is 0.972. The fourth-order valence-corrected chi connectivity index (χ4v) is 5.29. The Morgan fingerprint density at radius 2 is 1.50 bits per heavy atom. The molecule has 40 heavy (non-hydrogen) atoms. The van der Waals surface area contributed by atoms with Gasteiger partial charge in [0.15, 0.2) is 0 Å². The zero-order valence-electron chi connectivity index (χ0n) is 21.4. The zero-order valence-corrected chi connectivity index (χ0v) is 21.4. The molecule has 0 aromatic heterocycles. The van der Waals surface area contributed by atoms with E-state index in [-0.39, 0.29) is 77.3 Å². The monoisotopic (exact) mass is 572 g/mol. The van der Waals surface area contributed by atoms with E-state index in [1.165, 1.54) is 0 Å². The highest BCUT2D eigenvalue weighted by Crippen LogP contribution is 2.28. The van der Waals surface area contributed by atoms with Gasteiger partial charge < -0.3 is 39.6 Å². The predicted molar refractivity (Wildman–Crippen MR) is 153 cm³/mol. The molecule has 1 aromatic rings. The third kappa shape index (κ3) is 10.9. The molecule has 1 aromatic carbocycles. The molecule has 4 fully saturated rings. The first-order chi connectivity index (χ1) is 17.5. The minimum absolute atomic E-state index is 0. The van der Waals surface area contributed by atoms with E-state index in [2.05, 4.69) is 5.32 Å². The number of benzene rings is 1. The van der Waals surface area contributed by atoms with Gasteiger partial charge in [-0.15, -0.1) is 0 Å². The number of morpholine rings is 2. The number of nitrogens with zero attached hydrogens (tertiary/aromatic N) is 1. The fourth-order valence-electron chi connectivity index (χ4n) is 5.29. The maximum atomic E-state index is 12.3. The first-order valence-electron chi connectivity index (χ1n) is 12.9. The van der Waals surface area contributed by atoms with Crippen molar-refractivity contribution in [3.8, 4) is 0 Å². The summed E-state index contributed by atoms with van der Waals surface area (Å²) in [7, 11) is 0. The van der Waals surface area contributed by atoms with Gasteiger partial charge in [-0.3, -0.25) is 4.90 Å². The van der Waals surface area contributed by atoms with Crippen LogP contribution in [0.2, 0.25) is 0 Å². The van der Waals surface area contributed by atoms with Crippen LogP contribution in [0.25, 0.3) is 0 Å². The molecule has 0 spiro atoms. The van der Waals surface area contributed by atoms with Crippen molar-refractivity contribution >= 4 is 12.1 Å². The summed E-state index contributed by atoms with van der Waals surface area (Å²) in [6.07, 6.45) is 2.47. The van der Waals surface area contributed by atoms with E-state index < -0.39 is 0 Å². The van der Waals surface area contributed by atoms with E-state index in [4.69, 9.17) is 23.7 Å². The van der Waals surface area contributed by atoms with Gasteiger partial charge in [0.2, 0.25) is 0 Å². The molecule has 4 aliphatic heterocycles. The molecule has 0 saturated carbocycles.